The Morgan fingerprint density at radius 1 is 1.00 bits per heavy atom. The summed E-state index contributed by atoms with van der Waals surface area (Å²) in [5, 5.41) is 3.93. The van der Waals surface area contributed by atoms with E-state index in [1.54, 1.807) is 12.3 Å². The first kappa shape index (κ1) is 21.5. The molecule has 1 saturated carbocycles. The summed E-state index contributed by atoms with van der Waals surface area (Å²) in [6.45, 7) is 11.3. The third kappa shape index (κ3) is 3.64. The van der Waals surface area contributed by atoms with Crippen LogP contribution >= 0.6 is 0 Å². The molecule has 2 aliphatic rings. The fraction of sp³-hybridized carbons (Fsp3) is 0.500. The van der Waals surface area contributed by atoms with Gasteiger partial charge in [0.15, 0.2) is 0 Å². The van der Waals surface area contributed by atoms with Crippen LogP contribution in [-0.2, 0) is 20.4 Å². The standard InChI is InChI=1S/C26H31N3O2/c1-15-12-18-19(26(4,5)11-10-25(18,2)3)13-17(15)24(29-27)20-7-6-16(14-28-20)23-21(30)8-9-22(23)31/h6-7,12-14,23-24,27H,8-11H2,1-5H3. The third-order valence-corrected chi connectivity index (χ3v) is 7.35. The molecule has 4 rings (SSSR count). The van der Waals surface area contributed by atoms with Crippen molar-refractivity contribution in [2.45, 2.75) is 83.1 Å². The molecule has 0 bridgehead atoms. The molecule has 1 fully saturated rings. The summed E-state index contributed by atoms with van der Waals surface area (Å²) in [5.74, 6) is -0.741. The van der Waals surface area contributed by atoms with Crippen LogP contribution < -0.4 is 0 Å². The van der Waals surface area contributed by atoms with Gasteiger partial charge in [-0.3, -0.25) is 14.6 Å². The van der Waals surface area contributed by atoms with Crippen LogP contribution in [0.3, 0.4) is 0 Å². The van der Waals surface area contributed by atoms with E-state index in [1.165, 1.54) is 11.1 Å². The maximum atomic E-state index is 12.1. The SMILES string of the molecule is Cc1cc2c(cc1C(N=N)c1ccc(C3C(=O)CCC3=O)cn1)C(C)(C)CCC2(C)C. The van der Waals surface area contributed by atoms with Crippen LogP contribution in [0, 0.1) is 12.5 Å². The zero-order valence-corrected chi connectivity index (χ0v) is 19.1. The number of fused-ring (bicyclic) bond motifs is 1. The van der Waals surface area contributed by atoms with Gasteiger partial charge in [-0.15, -0.1) is 0 Å². The lowest BCUT2D eigenvalue weighted by molar-refractivity contribution is -0.123. The first-order chi connectivity index (χ1) is 14.5. The minimum atomic E-state index is -0.679. The van der Waals surface area contributed by atoms with Crippen molar-refractivity contribution in [3.63, 3.8) is 0 Å². The van der Waals surface area contributed by atoms with Gasteiger partial charge in [0.25, 0.3) is 0 Å². The third-order valence-electron chi connectivity index (χ3n) is 7.35. The second-order valence-electron chi connectivity index (χ2n) is 10.4. The molecule has 0 saturated heterocycles. The number of rotatable bonds is 4. The maximum absolute atomic E-state index is 12.1. The first-order valence-corrected chi connectivity index (χ1v) is 11.1. The normalized spacial score (nSPS) is 21.1. The zero-order valence-electron chi connectivity index (χ0n) is 19.1. The van der Waals surface area contributed by atoms with E-state index in [0.29, 0.717) is 24.1 Å². The van der Waals surface area contributed by atoms with E-state index in [0.717, 1.165) is 24.0 Å². The Balaban J connectivity index is 1.74. The number of aryl methyl sites for hydroxylation is 1. The van der Waals surface area contributed by atoms with E-state index >= 15 is 0 Å². The Morgan fingerprint density at radius 2 is 1.58 bits per heavy atom. The van der Waals surface area contributed by atoms with Gasteiger partial charge in [-0.1, -0.05) is 45.9 Å². The van der Waals surface area contributed by atoms with E-state index < -0.39 is 12.0 Å². The van der Waals surface area contributed by atoms with Gasteiger partial charge in [-0.2, -0.15) is 5.11 Å². The fourth-order valence-corrected chi connectivity index (χ4v) is 5.16. The van der Waals surface area contributed by atoms with Gasteiger partial charge >= 0.3 is 0 Å². The number of hydrogen-bond acceptors (Lipinski definition) is 5. The highest BCUT2D eigenvalue weighted by Crippen LogP contribution is 2.47. The number of nitrogens with zero attached hydrogens (tertiary/aromatic N) is 2. The van der Waals surface area contributed by atoms with Crippen molar-refractivity contribution in [2.75, 3.05) is 0 Å². The molecule has 0 aliphatic heterocycles. The number of carbonyl (C=O) groups is 2. The summed E-state index contributed by atoms with van der Waals surface area (Å²) in [6.07, 6.45) is 4.51. The molecule has 5 heteroatoms. The van der Waals surface area contributed by atoms with E-state index in [1.807, 2.05) is 6.07 Å². The lowest BCUT2D eigenvalue weighted by atomic mass is 9.62. The summed E-state index contributed by atoms with van der Waals surface area (Å²) in [6, 6.07) is 7.61. The molecule has 1 aromatic carbocycles. The highest BCUT2D eigenvalue weighted by Gasteiger charge is 2.38. The van der Waals surface area contributed by atoms with Crippen molar-refractivity contribution >= 4 is 11.6 Å². The smallest absolute Gasteiger partial charge is 0.148 e. The monoisotopic (exact) mass is 417 g/mol. The first-order valence-electron chi connectivity index (χ1n) is 11.1. The lowest BCUT2D eigenvalue weighted by Gasteiger charge is -2.42. The summed E-state index contributed by atoms with van der Waals surface area (Å²) in [5.41, 5.74) is 14.2. The lowest BCUT2D eigenvalue weighted by Crippen LogP contribution is -2.34. The fourth-order valence-electron chi connectivity index (χ4n) is 5.16. The van der Waals surface area contributed by atoms with Crippen molar-refractivity contribution in [2.24, 2.45) is 5.11 Å². The largest absolute Gasteiger partial charge is 0.299 e. The van der Waals surface area contributed by atoms with Crippen molar-refractivity contribution < 1.29 is 9.59 Å². The molecular weight excluding hydrogens is 386 g/mol. The molecule has 0 amide bonds. The Bertz CT molecular complexity index is 1050. The van der Waals surface area contributed by atoms with Crippen LogP contribution in [0.4, 0.5) is 0 Å². The zero-order chi connectivity index (χ0) is 22.6. The molecule has 2 aliphatic carbocycles. The number of pyridine rings is 1. The predicted molar refractivity (Wildman–Crippen MR) is 120 cm³/mol. The summed E-state index contributed by atoms with van der Waals surface area (Å²) in [7, 11) is 0. The van der Waals surface area contributed by atoms with Gasteiger partial charge in [0.05, 0.1) is 5.69 Å². The Kier molecular flexibility index (Phi) is 5.19. The highest BCUT2D eigenvalue weighted by molar-refractivity contribution is 6.13. The molecule has 1 N–H and O–H groups in total. The average Bonchev–Trinajstić information content (AvgIpc) is 3.06. The molecule has 162 valence electrons. The van der Waals surface area contributed by atoms with Crippen LogP contribution in [-0.4, -0.2) is 16.6 Å². The number of aromatic nitrogens is 1. The Morgan fingerprint density at radius 3 is 2.10 bits per heavy atom. The molecule has 1 aromatic heterocycles. The van der Waals surface area contributed by atoms with E-state index in [-0.39, 0.29) is 22.4 Å². The predicted octanol–water partition coefficient (Wildman–Crippen LogP) is 5.87. The Labute approximate surface area is 184 Å². The van der Waals surface area contributed by atoms with Gasteiger partial charge in [0.1, 0.15) is 23.5 Å². The van der Waals surface area contributed by atoms with Gasteiger partial charge in [-0.05, 0) is 64.5 Å². The molecule has 1 atom stereocenters. The quantitative estimate of drug-likeness (QED) is 0.498. The van der Waals surface area contributed by atoms with Crippen LogP contribution in [0.2, 0.25) is 0 Å². The van der Waals surface area contributed by atoms with Crippen LogP contribution in [0.15, 0.2) is 35.6 Å². The van der Waals surface area contributed by atoms with Crippen molar-refractivity contribution in [3.05, 3.63) is 64.0 Å². The van der Waals surface area contributed by atoms with Crippen LogP contribution in [0.25, 0.3) is 0 Å². The maximum Gasteiger partial charge on any atom is 0.148 e. The summed E-state index contributed by atoms with van der Waals surface area (Å²) >= 11 is 0. The molecule has 0 radical (unpaired) electrons. The van der Waals surface area contributed by atoms with E-state index in [4.69, 9.17) is 5.53 Å². The summed E-state index contributed by atoms with van der Waals surface area (Å²) in [4.78, 5) is 28.7. The van der Waals surface area contributed by atoms with Crippen LogP contribution in [0.5, 0.6) is 0 Å². The van der Waals surface area contributed by atoms with Gasteiger partial charge in [-0.25, -0.2) is 5.53 Å². The van der Waals surface area contributed by atoms with Gasteiger partial charge in [0, 0.05) is 19.0 Å². The van der Waals surface area contributed by atoms with E-state index in [2.05, 4.69) is 56.8 Å². The van der Waals surface area contributed by atoms with Gasteiger partial charge < -0.3 is 0 Å². The molecule has 5 nitrogen and oxygen atoms in total. The molecule has 31 heavy (non-hydrogen) atoms. The average molecular weight is 418 g/mol. The topological polar surface area (TPSA) is 83.2 Å². The second kappa shape index (κ2) is 7.47. The Hall–Kier alpha value is -2.69. The number of benzene rings is 1. The number of nitrogens with one attached hydrogen (secondary N) is 1. The second-order valence-corrected chi connectivity index (χ2v) is 10.4. The van der Waals surface area contributed by atoms with E-state index in [9.17, 15) is 9.59 Å². The van der Waals surface area contributed by atoms with Gasteiger partial charge in [0.2, 0.25) is 0 Å². The molecular formula is C26H31N3O2. The summed E-state index contributed by atoms with van der Waals surface area (Å²) < 4.78 is 0. The molecule has 2 aromatic rings. The molecule has 1 heterocycles. The van der Waals surface area contributed by atoms with Crippen LogP contribution in [0.1, 0.15) is 98.8 Å². The number of ketones is 2. The minimum Gasteiger partial charge on any atom is -0.299 e. The van der Waals surface area contributed by atoms with Crippen molar-refractivity contribution in [3.8, 4) is 0 Å². The van der Waals surface area contributed by atoms with Crippen molar-refractivity contribution in [1.29, 1.82) is 5.53 Å². The van der Waals surface area contributed by atoms with Crippen molar-refractivity contribution in [1.82, 2.24) is 4.98 Å². The molecule has 0 spiro atoms. The minimum absolute atomic E-state index is 0.0309. The number of Topliss-reactive ketones (excluding diaryl/α,β-unsaturated/α-hetero) is 2. The highest BCUT2D eigenvalue weighted by atomic mass is 16.2. The molecule has 1 unspecified atom stereocenters. The number of hydrogen-bond donors (Lipinski definition) is 1. The number of carbonyl (C=O) groups excluding carboxylic acids is 2.